The molecule has 0 aliphatic carbocycles. The molecule has 0 saturated carbocycles. The van der Waals surface area contributed by atoms with Crippen molar-refractivity contribution in [2.24, 2.45) is 0 Å². The largest absolute Gasteiger partial charge is 0.388 e. The molecule has 70 valence electrons. The first-order valence-corrected chi connectivity index (χ1v) is 4.99. The van der Waals surface area contributed by atoms with Gasteiger partial charge in [0.2, 0.25) is 0 Å². The highest BCUT2D eigenvalue weighted by Gasteiger charge is 2.05. The molecule has 1 aromatic rings. The predicted octanol–water partition coefficient (Wildman–Crippen LogP) is 3.37. The lowest BCUT2D eigenvalue weighted by Gasteiger charge is -2.09. The van der Waals surface area contributed by atoms with E-state index in [0.29, 0.717) is 6.42 Å². The van der Waals surface area contributed by atoms with Gasteiger partial charge in [0, 0.05) is 4.47 Å². The van der Waals surface area contributed by atoms with Gasteiger partial charge in [-0.1, -0.05) is 34.1 Å². The van der Waals surface area contributed by atoms with E-state index in [1.807, 2.05) is 25.1 Å². The van der Waals surface area contributed by atoms with Crippen LogP contribution in [0.2, 0.25) is 0 Å². The van der Waals surface area contributed by atoms with Crippen molar-refractivity contribution in [3.8, 4) is 0 Å². The van der Waals surface area contributed by atoms with Crippen LogP contribution in [0.3, 0.4) is 0 Å². The molecule has 13 heavy (non-hydrogen) atoms. The average Bonchev–Trinajstić information content (AvgIpc) is 2.10. The molecule has 0 bridgehead atoms. The topological polar surface area (TPSA) is 20.2 Å². The summed E-state index contributed by atoms with van der Waals surface area (Å²) in [7, 11) is 0. The van der Waals surface area contributed by atoms with Crippen LogP contribution in [0.5, 0.6) is 0 Å². The maximum absolute atomic E-state index is 9.65. The summed E-state index contributed by atoms with van der Waals surface area (Å²) in [4.78, 5) is 0. The molecule has 1 atom stereocenters. The predicted molar refractivity (Wildman–Crippen MR) is 58.7 cm³/mol. The van der Waals surface area contributed by atoms with E-state index in [-0.39, 0.29) is 0 Å². The van der Waals surface area contributed by atoms with E-state index in [4.69, 9.17) is 0 Å². The molecule has 1 N–H and O–H groups in total. The van der Waals surface area contributed by atoms with E-state index in [2.05, 4.69) is 22.5 Å². The molecule has 0 radical (unpaired) electrons. The number of aliphatic hydroxyl groups excluding tert-OH is 1. The lowest BCUT2D eigenvalue weighted by molar-refractivity contribution is 0.181. The van der Waals surface area contributed by atoms with Crippen LogP contribution < -0.4 is 0 Å². The van der Waals surface area contributed by atoms with E-state index in [9.17, 15) is 5.11 Å². The smallest absolute Gasteiger partial charge is 0.0824 e. The van der Waals surface area contributed by atoms with Crippen molar-refractivity contribution >= 4 is 15.9 Å². The van der Waals surface area contributed by atoms with Gasteiger partial charge in [-0.15, -0.1) is 6.58 Å². The van der Waals surface area contributed by atoms with Gasteiger partial charge < -0.3 is 5.11 Å². The summed E-state index contributed by atoms with van der Waals surface area (Å²) in [5.41, 5.74) is 2.08. The summed E-state index contributed by atoms with van der Waals surface area (Å²) in [6.45, 7) is 5.61. The average molecular weight is 241 g/mol. The fourth-order valence-electron chi connectivity index (χ4n) is 1.17. The summed E-state index contributed by atoms with van der Waals surface area (Å²) >= 11 is 3.42. The second-order valence-electron chi connectivity index (χ2n) is 3.05. The molecule has 2 heteroatoms. The van der Waals surface area contributed by atoms with E-state index in [1.54, 1.807) is 6.08 Å². The summed E-state index contributed by atoms with van der Waals surface area (Å²) < 4.78 is 1.07. The molecule has 0 aromatic heterocycles. The van der Waals surface area contributed by atoms with E-state index in [1.165, 1.54) is 0 Å². The third-order valence-corrected chi connectivity index (χ3v) is 2.85. The number of aryl methyl sites for hydroxylation is 1. The molecule has 0 aliphatic rings. The van der Waals surface area contributed by atoms with Crippen LogP contribution in [0.15, 0.2) is 35.3 Å². The molecule has 1 aromatic carbocycles. The van der Waals surface area contributed by atoms with Gasteiger partial charge in [-0.25, -0.2) is 0 Å². The maximum atomic E-state index is 9.65. The Morgan fingerprint density at radius 2 is 2.31 bits per heavy atom. The SMILES string of the molecule is C=CCC(O)c1ccc(Br)c(C)c1. The first-order valence-electron chi connectivity index (χ1n) is 4.20. The van der Waals surface area contributed by atoms with Crippen molar-refractivity contribution in [2.75, 3.05) is 0 Å². The van der Waals surface area contributed by atoms with Gasteiger partial charge in [-0.05, 0) is 30.5 Å². The van der Waals surface area contributed by atoms with Gasteiger partial charge in [0.25, 0.3) is 0 Å². The molecule has 0 fully saturated rings. The Balaban J connectivity index is 2.89. The monoisotopic (exact) mass is 240 g/mol. The molecular formula is C11H13BrO. The van der Waals surface area contributed by atoms with E-state index < -0.39 is 6.10 Å². The molecule has 1 unspecified atom stereocenters. The zero-order valence-electron chi connectivity index (χ0n) is 7.63. The molecule has 0 aliphatic heterocycles. The highest BCUT2D eigenvalue weighted by Crippen LogP contribution is 2.22. The normalized spacial score (nSPS) is 12.5. The highest BCUT2D eigenvalue weighted by molar-refractivity contribution is 9.10. The van der Waals surface area contributed by atoms with Gasteiger partial charge in [0.15, 0.2) is 0 Å². The van der Waals surface area contributed by atoms with Crippen molar-refractivity contribution in [1.82, 2.24) is 0 Å². The molecular weight excluding hydrogens is 228 g/mol. The molecule has 0 spiro atoms. The third kappa shape index (κ3) is 2.68. The second kappa shape index (κ2) is 4.58. The summed E-state index contributed by atoms with van der Waals surface area (Å²) in [5.74, 6) is 0. The van der Waals surface area contributed by atoms with Gasteiger partial charge in [-0.2, -0.15) is 0 Å². The van der Waals surface area contributed by atoms with Crippen LogP contribution in [0, 0.1) is 6.92 Å². The van der Waals surface area contributed by atoms with Crippen LogP contribution in [0.1, 0.15) is 23.7 Å². The quantitative estimate of drug-likeness (QED) is 0.804. The number of hydrogen-bond acceptors (Lipinski definition) is 1. The van der Waals surface area contributed by atoms with Crippen LogP contribution >= 0.6 is 15.9 Å². The summed E-state index contributed by atoms with van der Waals surface area (Å²) in [6, 6.07) is 5.86. The van der Waals surface area contributed by atoms with Crippen LogP contribution in [0.25, 0.3) is 0 Å². The van der Waals surface area contributed by atoms with E-state index >= 15 is 0 Å². The maximum Gasteiger partial charge on any atom is 0.0824 e. The van der Waals surface area contributed by atoms with Crippen molar-refractivity contribution in [3.63, 3.8) is 0 Å². The van der Waals surface area contributed by atoms with Gasteiger partial charge in [0.05, 0.1) is 6.10 Å². The van der Waals surface area contributed by atoms with Crippen LogP contribution in [-0.2, 0) is 0 Å². The van der Waals surface area contributed by atoms with Gasteiger partial charge >= 0.3 is 0 Å². The van der Waals surface area contributed by atoms with Crippen molar-refractivity contribution < 1.29 is 5.11 Å². The summed E-state index contributed by atoms with van der Waals surface area (Å²) in [5, 5.41) is 9.65. The molecule has 0 amide bonds. The van der Waals surface area contributed by atoms with Crippen molar-refractivity contribution in [3.05, 3.63) is 46.5 Å². The Hall–Kier alpha value is -0.600. The molecule has 0 heterocycles. The highest BCUT2D eigenvalue weighted by atomic mass is 79.9. The lowest BCUT2D eigenvalue weighted by atomic mass is 10.0. The standard InChI is InChI=1S/C11H13BrO/c1-3-4-11(13)9-5-6-10(12)8(2)7-9/h3,5-7,11,13H,1,4H2,2H3. The van der Waals surface area contributed by atoms with Gasteiger partial charge in [0.1, 0.15) is 0 Å². The summed E-state index contributed by atoms with van der Waals surface area (Å²) in [6.07, 6.45) is 1.90. The first-order chi connectivity index (χ1) is 6.15. The zero-order valence-corrected chi connectivity index (χ0v) is 9.21. The zero-order chi connectivity index (χ0) is 9.84. The first kappa shape index (κ1) is 10.5. The van der Waals surface area contributed by atoms with E-state index in [0.717, 1.165) is 15.6 Å². The Morgan fingerprint density at radius 1 is 1.62 bits per heavy atom. The Kier molecular flexibility index (Phi) is 3.70. The Labute approximate surface area is 87.2 Å². The minimum absolute atomic E-state index is 0.427. The van der Waals surface area contributed by atoms with Gasteiger partial charge in [-0.3, -0.25) is 0 Å². The minimum atomic E-state index is -0.427. The molecule has 0 saturated heterocycles. The number of halogens is 1. The number of hydrogen-bond donors (Lipinski definition) is 1. The number of aliphatic hydroxyl groups is 1. The second-order valence-corrected chi connectivity index (χ2v) is 3.90. The Morgan fingerprint density at radius 3 is 2.85 bits per heavy atom. The minimum Gasteiger partial charge on any atom is -0.388 e. The Bertz CT molecular complexity index is 307. The molecule has 1 nitrogen and oxygen atoms in total. The third-order valence-electron chi connectivity index (χ3n) is 1.96. The fraction of sp³-hybridized carbons (Fsp3) is 0.273. The number of rotatable bonds is 3. The fourth-order valence-corrected chi connectivity index (χ4v) is 1.42. The molecule has 1 rings (SSSR count). The lowest BCUT2D eigenvalue weighted by Crippen LogP contribution is -1.95. The number of benzene rings is 1. The van der Waals surface area contributed by atoms with Crippen molar-refractivity contribution in [1.29, 1.82) is 0 Å². The van der Waals surface area contributed by atoms with Crippen LogP contribution in [0.4, 0.5) is 0 Å². The van der Waals surface area contributed by atoms with Crippen LogP contribution in [-0.4, -0.2) is 5.11 Å². The van der Waals surface area contributed by atoms with Crippen molar-refractivity contribution in [2.45, 2.75) is 19.4 Å².